The standard InChI is InChI=1S/C6H5IO4S.H4N2O2S/c8-7-5-1-3-6(4-2-5)12(9,10)11;1-5(2,3)4/h1-4H,(H,9,10,11);(H4,1,2,3,4). The van der Waals surface area contributed by atoms with Crippen molar-refractivity contribution in [1.82, 2.24) is 0 Å². The summed E-state index contributed by atoms with van der Waals surface area (Å²) in [5.74, 6) is 0. The van der Waals surface area contributed by atoms with Crippen molar-refractivity contribution in [3.05, 3.63) is 27.8 Å². The van der Waals surface area contributed by atoms with Crippen LogP contribution in [-0.2, 0) is 23.4 Å². The van der Waals surface area contributed by atoms with Gasteiger partial charge in [0.05, 0.1) is 4.90 Å². The molecule has 0 radical (unpaired) electrons. The van der Waals surface area contributed by atoms with E-state index in [9.17, 15) is 19.9 Å². The third-order valence-corrected chi connectivity index (χ3v) is 3.30. The van der Waals surface area contributed by atoms with Crippen molar-refractivity contribution in [3.8, 4) is 0 Å². The first-order chi connectivity index (χ1) is 7.54. The average molecular weight is 396 g/mol. The maximum absolute atomic E-state index is 10.5. The number of halogens is 1. The van der Waals surface area contributed by atoms with E-state index in [4.69, 9.17) is 4.55 Å². The van der Waals surface area contributed by atoms with Gasteiger partial charge < -0.3 is 0 Å². The van der Waals surface area contributed by atoms with Gasteiger partial charge in [-0.05, 0) is 24.3 Å². The molecule has 17 heavy (non-hydrogen) atoms. The maximum atomic E-state index is 10.5. The first-order valence-corrected chi connectivity index (χ1v) is 8.70. The van der Waals surface area contributed by atoms with Crippen LogP contribution >= 0.6 is 21.2 Å². The van der Waals surface area contributed by atoms with Crippen LogP contribution in [0.25, 0.3) is 0 Å². The van der Waals surface area contributed by atoms with Gasteiger partial charge in [-0.1, -0.05) is 0 Å². The number of rotatable bonds is 2. The van der Waals surface area contributed by atoms with Crippen LogP contribution in [0.1, 0.15) is 0 Å². The second-order valence-electron chi connectivity index (χ2n) is 2.60. The number of hydrogen-bond donors (Lipinski definition) is 3. The van der Waals surface area contributed by atoms with E-state index in [1.54, 1.807) is 0 Å². The molecule has 0 heterocycles. The Morgan fingerprint density at radius 2 is 1.35 bits per heavy atom. The SMILES string of the molecule is NS(N)(=O)=O.O=Ic1ccc(S(=O)(=O)O)cc1. The summed E-state index contributed by atoms with van der Waals surface area (Å²) in [7, 11) is -7.78. The Hall–Kier alpha value is -0.470. The number of benzene rings is 1. The van der Waals surface area contributed by atoms with Crippen molar-refractivity contribution in [2.75, 3.05) is 0 Å². The molecule has 0 aliphatic carbocycles. The minimum absolute atomic E-state index is 0.177. The summed E-state index contributed by atoms with van der Waals surface area (Å²) < 4.78 is 59.0. The van der Waals surface area contributed by atoms with Crippen LogP contribution in [-0.4, -0.2) is 21.4 Å². The highest BCUT2D eigenvalue weighted by Crippen LogP contribution is 2.13. The van der Waals surface area contributed by atoms with E-state index in [1.165, 1.54) is 24.3 Å². The molecule has 0 saturated heterocycles. The fourth-order valence-electron chi connectivity index (χ4n) is 0.658. The summed E-state index contributed by atoms with van der Waals surface area (Å²) in [4.78, 5) is -0.177. The molecule has 11 heteroatoms. The first-order valence-electron chi connectivity index (χ1n) is 3.69. The Kier molecular flexibility index (Phi) is 6.28. The Bertz CT molecular complexity index is 571. The molecule has 1 rings (SSSR count). The predicted molar refractivity (Wildman–Crippen MR) is 67.0 cm³/mol. The first kappa shape index (κ1) is 16.5. The van der Waals surface area contributed by atoms with Gasteiger partial charge >= 0.3 is 0 Å². The van der Waals surface area contributed by atoms with Crippen LogP contribution < -0.4 is 10.3 Å². The van der Waals surface area contributed by atoms with Crippen LogP contribution in [0, 0.1) is 3.57 Å². The molecule has 98 valence electrons. The highest BCUT2D eigenvalue weighted by Gasteiger charge is 2.07. The zero-order chi connectivity index (χ0) is 13.7. The van der Waals surface area contributed by atoms with Crippen LogP contribution in [0.4, 0.5) is 0 Å². The van der Waals surface area contributed by atoms with Crippen molar-refractivity contribution in [2.24, 2.45) is 10.3 Å². The van der Waals surface area contributed by atoms with Crippen LogP contribution in [0.2, 0.25) is 0 Å². The zero-order valence-electron chi connectivity index (χ0n) is 8.15. The lowest BCUT2D eigenvalue weighted by Gasteiger charge is -1.94. The summed E-state index contributed by atoms with van der Waals surface area (Å²) in [5.41, 5.74) is 0. The third kappa shape index (κ3) is 9.25. The lowest BCUT2D eigenvalue weighted by molar-refractivity contribution is 0.483. The van der Waals surface area contributed by atoms with Gasteiger partial charge in [-0.25, -0.2) is 10.3 Å². The van der Waals surface area contributed by atoms with Gasteiger partial charge in [-0.15, -0.1) is 0 Å². The van der Waals surface area contributed by atoms with Gasteiger partial charge in [-0.3, -0.25) is 7.62 Å². The lowest BCUT2D eigenvalue weighted by atomic mass is 10.4. The molecule has 1 aromatic rings. The summed E-state index contributed by atoms with van der Waals surface area (Å²) in [6.45, 7) is 0. The Morgan fingerprint density at radius 1 is 1.00 bits per heavy atom. The molecule has 0 aromatic heterocycles. The van der Waals surface area contributed by atoms with Gasteiger partial charge in [-0.2, -0.15) is 16.8 Å². The van der Waals surface area contributed by atoms with Crippen LogP contribution in [0.5, 0.6) is 0 Å². The van der Waals surface area contributed by atoms with E-state index in [2.05, 4.69) is 10.3 Å². The Balaban J connectivity index is 0.000000437. The monoisotopic (exact) mass is 396 g/mol. The number of nitrogens with two attached hydrogens (primary N) is 2. The summed E-state index contributed by atoms with van der Waals surface area (Å²) >= 11 is -1.27. The van der Waals surface area contributed by atoms with Crippen LogP contribution in [0.3, 0.4) is 0 Å². The fraction of sp³-hybridized carbons (Fsp3) is 0. The molecule has 0 bridgehead atoms. The van der Waals surface area contributed by atoms with Crippen LogP contribution in [0.15, 0.2) is 29.2 Å². The summed E-state index contributed by atoms with van der Waals surface area (Å²) in [5, 5.41) is 8.21. The summed E-state index contributed by atoms with van der Waals surface area (Å²) in [6.07, 6.45) is 0. The zero-order valence-corrected chi connectivity index (χ0v) is 11.9. The van der Waals surface area contributed by atoms with Gasteiger partial charge in [0.25, 0.3) is 20.3 Å². The van der Waals surface area contributed by atoms with Gasteiger partial charge in [0.1, 0.15) is 0 Å². The van der Waals surface area contributed by atoms with Crippen molar-refractivity contribution < 1.29 is 24.5 Å². The maximum Gasteiger partial charge on any atom is 0.294 e. The smallest absolute Gasteiger partial charge is 0.282 e. The molecule has 0 atom stereocenters. The highest BCUT2D eigenvalue weighted by atomic mass is 127. The Morgan fingerprint density at radius 3 is 1.59 bits per heavy atom. The molecule has 1 aromatic carbocycles. The molecule has 0 spiro atoms. The lowest BCUT2D eigenvalue weighted by Crippen LogP contribution is -2.21. The molecular weight excluding hydrogens is 387 g/mol. The average Bonchev–Trinajstić information content (AvgIpc) is 2.14. The third-order valence-electron chi connectivity index (χ3n) is 1.20. The van der Waals surface area contributed by atoms with E-state index in [-0.39, 0.29) is 4.90 Å². The van der Waals surface area contributed by atoms with Crippen molar-refractivity contribution in [2.45, 2.75) is 4.90 Å². The molecule has 0 unspecified atom stereocenters. The highest BCUT2D eigenvalue weighted by molar-refractivity contribution is 14.1. The molecule has 8 nitrogen and oxygen atoms in total. The minimum atomic E-state index is -4.12. The molecule has 0 aliphatic heterocycles. The predicted octanol–water partition coefficient (Wildman–Crippen LogP) is -0.432. The van der Waals surface area contributed by atoms with Gasteiger partial charge in [0.2, 0.25) is 0 Å². The topological polar surface area (TPSA) is 158 Å². The van der Waals surface area contributed by atoms with Crippen molar-refractivity contribution >= 4 is 41.5 Å². The largest absolute Gasteiger partial charge is 0.294 e. The van der Waals surface area contributed by atoms with E-state index in [0.717, 1.165) is 0 Å². The molecule has 0 amide bonds. The normalized spacial score (nSPS) is 11.5. The van der Waals surface area contributed by atoms with E-state index < -0.39 is 41.5 Å². The van der Waals surface area contributed by atoms with E-state index in [0.29, 0.717) is 3.57 Å². The quantitative estimate of drug-likeness (QED) is 0.455. The van der Waals surface area contributed by atoms with E-state index in [1.807, 2.05) is 0 Å². The minimum Gasteiger partial charge on any atom is -0.282 e. The molecule has 0 fully saturated rings. The second-order valence-corrected chi connectivity index (χ2v) is 6.88. The Labute approximate surface area is 109 Å². The van der Waals surface area contributed by atoms with E-state index >= 15 is 0 Å². The molecular formula is C6H9IN2O6S2. The second kappa shape index (κ2) is 6.46. The fourth-order valence-corrected chi connectivity index (χ4v) is 1.79. The molecule has 5 N–H and O–H groups in total. The molecule has 0 saturated carbocycles. The number of hydrogen-bond acceptors (Lipinski definition) is 5. The van der Waals surface area contributed by atoms with Gasteiger partial charge in [0, 0.05) is 3.57 Å². The van der Waals surface area contributed by atoms with Gasteiger partial charge in [0.15, 0.2) is 21.2 Å². The van der Waals surface area contributed by atoms with Crippen molar-refractivity contribution in [3.63, 3.8) is 0 Å². The summed E-state index contributed by atoms with van der Waals surface area (Å²) in [6, 6.07) is 5.29. The van der Waals surface area contributed by atoms with Crippen molar-refractivity contribution in [1.29, 1.82) is 0 Å². The molecule has 0 aliphatic rings.